The number of aromatic amines is 1. The molecule has 9 heteroatoms. The zero-order valence-corrected chi connectivity index (χ0v) is 14.4. The van der Waals surface area contributed by atoms with Gasteiger partial charge in [0.2, 0.25) is 5.91 Å². The van der Waals surface area contributed by atoms with Gasteiger partial charge in [-0.05, 0) is 30.2 Å². The van der Waals surface area contributed by atoms with E-state index in [0.29, 0.717) is 27.5 Å². The molecule has 142 valence electrons. The predicted octanol–water partition coefficient (Wildman–Crippen LogP) is 4.11. The lowest BCUT2D eigenvalue weighted by Gasteiger charge is -2.11. The van der Waals surface area contributed by atoms with Gasteiger partial charge in [-0.3, -0.25) is 9.89 Å². The van der Waals surface area contributed by atoms with Crippen molar-refractivity contribution in [2.45, 2.75) is 19.0 Å². The van der Waals surface area contributed by atoms with Crippen molar-refractivity contribution >= 4 is 28.1 Å². The highest BCUT2D eigenvalue weighted by molar-refractivity contribution is 5.97. The fourth-order valence-corrected chi connectivity index (χ4v) is 3.40. The molecule has 4 aromatic rings. The molecule has 1 saturated carbocycles. The lowest BCUT2D eigenvalue weighted by Crippen LogP contribution is -2.15. The third-order valence-corrected chi connectivity index (χ3v) is 4.94. The average molecular weight is 385 g/mol. The molecule has 0 radical (unpaired) electrons. The fraction of sp³-hybridized carbons (Fsp3) is 0.211. The maximum absolute atomic E-state index is 13.6. The molecule has 1 aromatic carbocycles. The fourth-order valence-electron chi connectivity index (χ4n) is 3.40. The van der Waals surface area contributed by atoms with Gasteiger partial charge in [-0.1, -0.05) is 6.07 Å². The van der Waals surface area contributed by atoms with Crippen LogP contribution in [-0.4, -0.2) is 31.9 Å². The Morgan fingerprint density at radius 2 is 2.11 bits per heavy atom. The Labute approximate surface area is 156 Å². The van der Waals surface area contributed by atoms with Gasteiger partial charge in [0.1, 0.15) is 6.17 Å². The predicted molar refractivity (Wildman–Crippen MR) is 96.9 cm³/mol. The Kier molecular flexibility index (Phi) is 3.65. The number of hydrogen-bond acceptors (Lipinski definition) is 3. The number of rotatable bonds is 4. The van der Waals surface area contributed by atoms with Gasteiger partial charge in [0.15, 0.2) is 5.82 Å². The van der Waals surface area contributed by atoms with Crippen molar-refractivity contribution in [1.82, 2.24) is 19.8 Å². The first-order valence-electron chi connectivity index (χ1n) is 8.70. The first-order chi connectivity index (χ1) is 13.5. The number of nitrogens with one attached hydrogen (secondary N) is 2. The molecule has 0 spiro atoms. The number of fused-ring (bicyclic) bond motifs is 2. The number of pyridine rings is 1. The molecule has 6 nitrogen and oxygen atoms in total. The third kappa shape index (κ3) is 2.70. The molecule has 1 aliphatic carbocycles. The number of anilines is 1. The zero-order chi connectivity index (χ0) is 19.4. The van der Waals surface area contributed by atoms with Crippen molar-refractivity contribution < 1.29 is 18.0 Å². The van der Waals surface area contributed by atoms with E-state index in [9.17, 15) is 18.0 Å². The largest absolute Gasteiger partial charge is 0.309 e. The van der Waals surface area contributed by atoms with Crippen LogP contribution in [0.1, 0.15) is 18.4 Å². The van der Waals surface area contributed by atoms with Crippen LogP contribution in [0.15, 0.2) is 42.7 Å². The molecular formula is C19H14F3N5O. The van der Waals surface area contributed by atoms with Crippen molar-refractivity contribution in [2.24, 2.45) is 5.92 Å². The van der Waals surface area contributed by atoms with Crippen LogP contribution in [-0.2, 0) is 4.79 Å². The van der Waals surface area contributed by atoms with E-state index in [1.165, 1.54) is 16.8 Å². The molecule has 2 atom stereocenters. The highest BCUT2D eigenvalue weighted by Gasteiger charge is 2.43. The van der Waals surface area contributed by atoms with Crippen LogP contribution >= 0.6 is 0 Å². The van der Waals surface area contributed by atoms with Crippen molar-refractivity contribution in [3.63, 3.8) is 0 Å². The van der Waals surface area contributed by atoms with Gasteiger partial charge in [-0.25, -0.2) is 17.7 Å². The van der Waals surface area contributed by atoms with E-state index >= 15 is 0 Å². The quantitative estimate of drug-likeness (QED) is 0.555. The third-order valence-electron chi connectivity index (χ3n) is 4.94. The van der Waals surface area contributed by atoms with Crippen LogP contribution in [0.5, 0.6) is 0 Å². The second kappa shape index (κ2) is 6.08. The summed E-state index contributed by atoms with van der Waals surface area (Å²) in [6.45, 7) is 0. The minimum atomic E-state index is -2.64. The molecule has 3 aromatic heterocycles. The van der Waals surface area contributed by atoms with E-state index in [0.717, 1.165) is 0 Å². The van der Waals surface area contributed by atoms with Gasteiger partial charge in [0, 0.05) is 28.8 Å². The molecule has 0 unspecified atom stereocenters. The lowest BCUT2D eigenvalue weighted by molar-refractivity contribution is -0.117. The number of benzene rings is 1. The average Bonchev–Trinajstić information content (AvgIpc) is 3.06. The zero-order valence-electron chi connectivity index (χ0n) is 14.4. The molecule has 28 heavy (non-hydrogen) atoms. The van der Waals surface area contributed by atoms with E-state index < -0.39 is 24.4 Å². The first kappa shape index (κ1) is 16.8. The van der Waals surface area contributed by atoms with Crippen LogP contribution in [0.3, 0.4) is 0 Å². The van der Waals surface area contributed by atoms with Gasteiger partial charge < -0.3 is 5.32 Å². The number of amides is 1. The van der Waals surface area contributed by atoms with Gasteiger partial charge in [0.05, 0.1) is 23.1 Å². The van der Waals surface area contributed by atoms with E-state index in [1.54, 1.807) is 30.5 Å². The summed E-state index contributed by atoms with van der Waals surface area (Å²) < 4.78 is 41.7. The summed E-state index contributed by atoms with van der Waals surface area (Å²) in [5, 5.41) is 14.2. The minimum Gasteiger partial charge on any atom is -0.309 e. The van der Waals surface area contributed by atoms with Gasteiger partial charge in [0.25, 0.3) is 6.43 Å². The Morgan fingerprint density at radius 3 is 2.86 bits per heavy atom. The summed E-state index contributed by atoms with van der Waals surface area (Å²) in [5.41, 5.74) is 2.16. The van der Waals surface area contributed by atoms with Gasteiger partial charge >= 0.3 is 0 Å². The number of nitrogens with zero attached hydrogens (tertiary/aromatic N) is 3. The SMILES string of the molecule is O=C(Nc1cc2cc(-c3c(C(F)F)ccc4[nH]ncc34)ccn2n1)[C@@H]1C[C@@H]1F. The second-order valence-corrected chi connectivity index (χ2v) is 6.82. The molecule has 0 bridgehead atoms. The maximum Gasteiger partial charge on any atom is 0.264 e. The molecule has 1 aliphatic rings. The normalized spacial score (nSPS) is 18.9. The number of alkyl halides is 3. The highest BCUT2D eigenvalue weighted by atomic mass is 19.3. The lowest BCUT2D eigenvalue weighted by atomic mass is 9.97. The molecule has 5 rings (SSSR count). The van der Waals surface area contributed by atoms with E-state index in [-0.39, 0.29) is 17.8 Å². The standard InChI is InChI=1S/C19H14F3N5O/c20-14-7-12(14)19(28)24-16-6-10-5-9(3-4-27(10)26-16)17-11(18(21)22)1-2-15-13(17)8-23-25-15/h1-6,8,12,14,18H,7H2,(H,23,25)(H,24,26,28)/t12-,14+/m1/s1. The number of carbonyl (C=O) groups is 1. The molecule has 0 saturated heterocycles. The van der Waals surface area contributed by atoms with Crippen LogP contribution < -0.4 is 5.32 Å². The Bertz CT molecular complexity index is 1210. The Balaban J connectivity index is 1.57. The maximum atomic E-state index is 13.6. The summed E-state index contributed by atoms with van der Waals surface area (Å²) in [7, 11) is 0. The number of aromatic nitrogens is 4. The number of hydrogen-bond donors (Lipinski definition) is 2. The minimum absolute atomic E-state index is 0.0889. The van der Waals surface area contributed by atoms with Crippen LogP contribution in [0.25, 0.3) is 27.5 Å². The summed E-state index contributed by atoms with van der Waals surface area (Å²) in [6, 6.07) is 7.97. The summed E-state index contributed by atoms with van der Waals surface area (Å²) in [5.74, 6) is -0.733. The molecule has 2 N–H and O–H groups in total. The van der Waals surface area contributed by atoms with E-state index in [4.69, 9.17) is 0 Å². The summed E-state index contributed by atoms with van der Waals surface area (Å²) in [4.78, 5) is 11.9. The van der Waals surface area contributed by atoms with Crippen molar-refractivity contribution in [3.8, 4) is 11.1 Å². The number of H-pyrrole nitrogens is 1. The van der Waals surface area contributed by atoms with Crippen LogP contribution in [0.2, 0.25) is 0 Å². The van der Waals surface area contributed by atoms with E-state index in [1.807, 2.05) is 0 Å². The molecular weight excluding hydrogens is 371 g/mol. The Hall–Kier alpha value is -3.36. The number of halogens is 3. The van der Waals surface area contributed by atoms with Gasteiger partial charge in [-0.15, -0.1) is 0 Å². The van der Waals surface area contributed by atoms with Crippen LogP contribution in [0.4, 0.5) is 19.0 Å². The highest BCUT2D eigenvalue weighted by Crippen LogP contribution is 2.37. The number of carbonyl (C=O) groups excluding carboxylic acids is 1. The molecule has 0 aliphatic heterocycles. The van der Waals surface area contributed by atoms with Crippen LogP contribution in [0, 0.1) is 5.92 Å². The summed E-state index contributed by atoms with van der Waals surface area (Å²) >= 11 is 0. The monoisotopic (exact) mass is 385 g/mol. The Morgan fingerprint density at radius 1 is 1.29 bits per heavy atom. The van der Waals surface area contributed by atoms with E-state index in [2.05, 4.69) is 20.6 Å². The first-order valence-corrected chi connectivity index (χ1v) is 8.70. The second-order valence-electron chi connectivity index (χ2n) is 6.82. The molecule has 1 amide bonds. The topological polar surface area (TPSA) is 75.1 Å². The molecule has 1 fully saturated rings. The van der Waals surface area contributed by atoms with Crippen molar-refractivity contribution in [2.75, 3.05) is 5.32 Å². The van der Waals surface area contributed by atoms with Crippen molar-refractivity contribution in [1.29, 1.82) is 0 Å². The van der Waals surface area contributed by atoms with Crippen molar-refractivity contribution in [3.05, 3.63) is 48.3 Å². The smallest absolute Gasteiger partial charge is 0.264 e. The molecule has 3 heterocycles. The summed E-state index contributed by atoms with van der Waals surface area (Å²) in [6.07, 6.45) is -0.353. The van der Waals surface area contributed by atoms with Gasteiger partial charge in [-0.2, -0.15) is 10.2 Å².